The first-order chi connectivity index (χ1) is 16.7. The molecule has 9 nitrogen and oxygen atoms in total. The Morgan fingerprint density at radius 1 is 0.771 bits per heavy atom. The Morgan fingerprint density at radius 3 is 1.86 bits per heavy atom. The molecule has 0 aromatic rings. The number of carbonyl (C=O) groups is 2. The van der Waals surface area contributed by atoms with Crippen molar-refractivity contribution >= 4 is 11.9 Å². The quantitative estimate of drug-likeness (QED) is 0.153. The normalized spacial score (nSPS) is 26.3. The summed E-state index contributed by atoms with van der Waals surface area (Å²) in [4.78, 5) is 24.0. The molecule has 7 atom stereocenters. The predicted octanol–water partition coefficient (Wildman–Crippen LogP) is 3.70. The topological polar surface area (TPSA) is 143 Å². The Balaban J connectivity index is 2.72. The van der Waals surface area contributed by atoms with Gasteiger partial charge in [-0.15, -0.1) is 0 Å². The van der Waals surface area contributed by atoms with E-state index in [-0.39, 0.29) is 12.8 Å². The lowest BCUT2D eigenvalue weighted by atomic mass is 9.99. The lowest BCUT2D eigenvalue weighted by Gasteiger charge is -2.40. The zero-order valence-electron chi connectivity index (χ0n) is 21.8. The average Bonchev–Trinajstić information content (AvgIpc) is 2.80. The molecular formula is C26H48O9. The molecule has 0 bridgehead atoms. The van der Waals surface area contributed by atoms with E-state index in [4.69, 9.17) is 14.2 Å². The van der Waals surface area contributed by atoms with Crippen molar-refractivity contribution < 1.29 is 44.2 Å². The molecule has 0 aliphatic carbocycles. The molecule has 206 valence electrons. The monoisotopic (exact) mass is 504 g/mol. The van der Waals surface area contributed by atoms with Crippen LogP contribution in [0.1, 0.15) is 111 Å². The van der Waals surface area contributed by atoms with E-state index in [9.17, 15) is 30.0 Å². The number of carboxylic acids is 1. The number of hydrogen-bond acceptors (Lipinski definition) is 8. The summed E-state index contributed by atoms with van der Waals surface area (Å²) < 4.78 is 17.0. The number of aliphatic carboxylic acids is 1. The zero-order valence-corrected chi connectivity index (χ0v) is 21.8. The number of esters is 1. The third kappa shape index (κ3) is 13.0. The van der Waals surface area contributed by atoms with E-state index >= 15 is 0 Å². The maximum atomic E-state index is 12.7. The summed E-state index contributed by atoms with van der Waals surface area (Å²) in [6.07, 6.45) is 3.42. The van der Waals surface area contributed by atoms with Crippen LogP contribution in [0.4, 0.5) is 0 Å². The van der Waals surface area contributed by atoms with Crippen LogP contribution in [0.15, 0.2) is 0 Å². The third-order valence-corrected chi connectivity index (χ3v) is 6.49. The van der Waals surface area contributed by atoms with Crippen LogP contribution in [-0.2, 0) is 23.8 Å². The van der Waals surface area contributed by atoms with Crippen molar-refractivity contribution in [2.45, 2.75) is 154 Å². The fraction of sp³-hybridized carbons (Fsp3) is 0.923. The van der Waals surface area contributed by atoms with Gasteiger partial charge in [0, 0.05) is 0 Å². The van der Waals surface area contributed by atoms with Gasteiger partial charge in [0.15, 0.2) is 6.29 Å². The highest BCUT2D eigenvalue weighted by molar-refractivity contribution is 5.72. The van der Waals surface area contributed by atoms with Crippen molar-refractivity contribution in [1.29, 1.82) is 0 Å². The van der Waals surface area contributed by atoms with Crippen molar-refractivity contribution in [2.75, 3.05) is 0 Å². The number of carbonyl (C=O) groups excluding carboxylic acids is 1. The highest BCUT2D eigenvalue weighted by Gasteiger charge is 2.43. The summed E-state index contributed by atoms with van der Waals surface area (Å²) in [6.45, 7) is 5.82. The molecule has 0 amide bonds. The standard InChI is InChI=1S/C26H48O9/c1-4-6-8-10-12-14-19(16-21(27)28)34-22(29)17-20(15-13-11-9-7-5-2)35-26-25(32)24(31)23(30)18(3)33-26/h18-20,23-26,30-32H,4-17H2,1-3H3,(H,27,28)/t18?,19-,20-,23-,24-,25?,26-/m0/s1. The van der Waals surface area contributed by atoms with Crippen LogP contribution in [-0.4, -0.2) is 75.3 Å². The summed E-state index contributed by atoms with van der Waals surface area (Å²) in [5, 5.41) is 39.5. The zero-order chi connectivity index (χ0) is 26.2. The number of aliphatic hydroxyl groups excluding tert-OH is 3. The highest BCUT2D eigenvalue weighted by Crippen LogP contribution is 2.25. The minimum absolute atomic E-state index is 0.112. The van der Waals surface area contributed by atoms with Gasteiger partial charge in [0.25, 0.3) is 0 Å². The maximum absolute atomic E-state index is 12.7. The molecule has 1 aliphatic rings. The average molecular weight is 505 g/mol. The molecule has 35 heavy (non-hydrogen) atoms. The van der Waals surface area contributed by atoms with E-state index in [1.165, 1.54) is 0 Å². The molecule has 0 radical (unpaired) electrons. The van der Waals surface area contributed by atoms with Gasteiger partial charge in [0.2, 0.25) is 0 Å². The fourth-order valence-corrected chi connectivity index (χ4v) is 4.30. The smallest absolute Gasteiger partial charge is 0.308 e. The Bertz CT molecular complexity index is 585. The predicted molar refractivity (Wildman–Crippen MR) is 131 cm³/mol. The number of unbranched alkanes of at least 4 members (excludes halogenated alkanes) is 8. The second-order valence-corrected chi connectivity index (χ2v) is 9.76. The molecule has 0 aromatic heterocycles. The van der Waals surface area contributed by atoms with Crippen LogP contribution in [0.3, 0.4) is 0 Å². The maximum Gasteiger partial charge on any atom is 0.308 e. The summed E-state index contributed by atoms with van der Waals surface area (Å²) in [6, 6.07) is 0. The number of hydrogen-bond donors (Lipinski definition) is 4. The lowest BCUT2D eigenvalue weighted by Crippen LogP contribution is -2.58. The van der Waals surface area contributed by atoms with Crippen LogP contribution in [0.5, 0.6) is 0 Å². The molecule has 1 fully saturated rings. The van der Waals surface area contributed by atoms with Crippen molar-refractivity contribution in [3.05, 3.63) is 0 Å². The Hall–Kier alpha value is -1.26. The van der Waals surface area contributed by atoms with Gasteiger partial charge < -0.3 is 34.6 Å². The molecule has 4 N–H and O–H groups in total. The first kappa shape index (κ1) is 31.8. The van der Waals surface area contributed by atoms with E-state index in [0.29, 0.717) is 12.8 Å². The number of carboxylic acid groups (broad SMARTS) is 1. The summed E-state index contributed by atoms with van der Waals surface area (Å²) in [5.41, 5.74) is 0. The molecule has 2 unspecified atom stereocenters. The summed E-state index contributed by atoms with van der Waals surface area (Å²) in [7, 11) is 0. The molecule has 0 spiro atoms. The number of aliphatic hydroxyl groups is 3. The third-order valence-electron chi connectivity index (χ3n) is 6.49. The minimum atomic E-state index is -1.46. The van der Waals surface area contributed by atoms with E-state index < -0.39 is 54.9 Å². The second kappa shape index (κ2) is 18.1. The van der Waals surface area contributed by atoms with Gasteiger partial charge in [-0.05, 0) is 26.2 Å². The second-order valence-electron chi connectivity index (χ2n) is 9.76. The summed E-state index contributed by atoms with van der Waals surface area (Å²) >= 11 is 0. The van der Waals surface area contributed by atoms with Gasteiger partial charge in [0.05, 0.1) is 25.0 Å². The van der Waals surface area contributed by atoms with Gasteiger partial charge >= 0.3 is 11.9 Å². The van der Waals surface area contributed by atoms with Crippen molar-refractivity contribution in [2.24, 2.45) is 0 Å². The molecular weight excluding hydrogens is 456 g/mol. The molecule has 9 heteroatoms. The van der Waals surface area contributed by atoms with Crippen LogP contribution in [0.25, 0.3) is 0 Å². The Morgan fingerprint density at radius 2 is 1.31 bits per heavy atom. The molecule has 1 heterocycles. The van der Waals surface area contributed by atoms with E-state index in [0.717, 1.165) is 64.2 Å². The van der Waals surface area contributed by atoms with Gasteiger partial charge in [-0.25, -0.2) is 0 Å². The van der Waals surface area contributed by atoms with E-state index in [2.05, 4.69) is 13.8 Å². The van der Waals surface area contributed by atoms with Gasteiger partial charge in [-0.3, -0.25) is 9.59 Å². The van der Waals surface area contributed by atoms with E-state index in [1.54, 1.807) is 6.92 Å². The Kier molecular flexibility index (Phi) is 16.4. The van der Waals surface area contributed by atoms with E-state index in [1.807, 2.05) is 0 Å². The van der Waals surface area contributed by atoms with Gasteiger partial charge in [-0.2, -0.15) is 0 Å². The largest absolute Gasteiger partial charge is 0.481 e. The number of rotatable bonds is 19. The molecule has 1 aliphatic heterocycles. The first-order valence-corrected chi connectivity index (χ1v) is 13.5. The molecule has 1 rings (SSSR count). The summed E-state index contributed by atoms with van der Waals surface area (Å²) in [5.74, 6) is -1.57. The van der Waals surface area contributed by atoms with Gasteiger partial charge in [0.1, 0.15) is 24.4 Å². The van der Waals surface area contributed by atoms with Crippen LogP contribution in [0.2, 0.25) is 0 Å². The van der Waals surface area contributed by atoms with Crippen molar-refractivity contribution in [3.8, 4) is 0 Å². The fourth-order valence-electron chi connectivity index (χ4n) is 4.30. The Labute approximate surface area is 210 Å². The molecule has 0 aromatic carbocycles. The van der Waals surface area contributed by atoms with Crippen LogP contribution >= 0.6 is 0 Å². The molecule has 1 saturated heterocycles. The molecule has 0 saturated carbocycles. The lowest BCUT2D eigenvalue weighted by molar-refractivity contribution is -0.304. The first-order valence-electron chi connectivity index (χ1n) is 13.5. The van der Waals surface area contributed by atoms with Crippen LogP contribution < -0.4 is 0 Å². The number of ether oxygens (including phenoxy) is 3. The highest BCUT2D eigenvalue weighted by atomic mass is 16.7. The van der Waals surface area contributed by atoms with Crippen molar-refractivity contribution in [3.63, 3.8) is 0 Å². The minimum Gasteiger partial charge on any atom is -0.481 e. The van der Waals surface area contributed by atoms with Crippen LogP contribution in [0, 0.1) is 0 Å². The van der Waals surface area contributed by atoms with Gasteiger partial charge in [-0.1, -0.05) is 71.6 Å². The van der Waals surface area contributed by atoms with Crippen molar-refractivity contribution in [1.82, 2.24) is 0 Å². The SMILES string of the molecule is CCCCCCC[C@@H](CC(=O)O)OC(=O)C[C@H](CCCCCCC)O[C@@H]1OC(C)[C@H](O)[C@H](O)C1O.